The molecule has 7 heteroatoms. The molecule has 0 heterocycles. The third-order valence-corrected chi connectivity index (χ3v) is 8.48. The molecule has 1 N–H and O–H groups in total. The molecule has 1 aliphatic carbocycles. The van der Waals surface area contributed by atoms with Crippen LogP contribution in [0.4, 0.5) is 0 Å². The Morgan fingerprint density at radius 1 is 0.952 bits per heavy atom. The first-order valence-corrected chi connectivity index (χ1v) is 15.6. The summed E-state index contributed by atoms with van der Waals surface area (Å²) in [5, 5.41) is 3.28. The molecule has 1 saturated carbocycles. The van der Waals surface area contributed by atoms with Crippen LogP contribution in [0.15, 0.2) is 77.3 Å². The first-order chi connectivity index (χ1) is 20.1. The first-order valence-electron chi connectivity index (χ1n) is 14.8. The van der Waals surface area contributed by atoms with E-state index < -0.39 is 6.04 Å². The van der Waals surface area contributed by atoms with Crippen LogP contribution in [0.5, 0.6) is 11.5 Å². The van der Waals surface area contributed by atoms with Gasteiger partial charge < -0.3 is 19.7 Å². The molecule has 0 spiro atoms. The van der Waals surface area contributed by atoms with Gasteiger partial charge >= 0.3 is 0 Å². The van der Waals surface area contributed by atoms with Gasteiger partial charge in [-0.15, -0.1) is 0 Å². The standard InChI is InChI=1S/C35H43BrN2O4/c1-35(2,3)27-18-19-32(30(36)22-27)42-24-33(39)38(23-26-14-11-17-29(20-26)41-4)31(21-25-12-7-5-8-13-25)34(40)37-28-15-9-6-10-16-28/h5,7-8,11-14,17-20,22,28,31H,6,9-10,15-16,21,23-24H2,1-4H3,(H,37,40)/t31-/m1/s1. The molecule has 0 radical (unpaired) electrons. The highest BCUT2D eigenvalue weighted by Crippen LogP contribution is 2.31. The van der Waals surface area contributed by atoms with Crippen molar-refractivity contribution in [3.63, 3.8) is 0 Å². The van der Waals surface area contributed by atoms with Gasteiger partial charge in [-0.3, -0.25) is 9.59 Å². The molecule has 2 amide bonds. The topological polar surface area (TPSA) is 67.9 Å². The van der Waals surface area contributed by atoms with E-state index in [4.69, 9.17) is 9.47 Å². The molecule has 0 aromatic heterocycles. The second-order valence-corrected chi connectivity index (χ2v) is 13.0. The third-order valence-electron chi connectivity index (χ3n) is 7.86. The van der Waals surface area contributed by atoms with Crippen LogP contribution >= 0.6 is 15.9 Å². The Hall–Kier alpha value is -3.32. The van der Waals surface area contributed by atoms with Gasteiger partial charge in [-0.25, -0.2) is 0 Å². The molecule has 1 atom stereocenters. The van der Waals surface area contributed by atoms with Gasteiger partial charge in [0.2, 0.25) is 5.91 Å². The van der Waals surface area contributed by atoms with Gasteiger partial charge in [-0.1, -0.05) is 88.6 Å². The molecule has 3 aromatic carbocycles. The average Bonchev–Trinajstić information content (AvgIpc) is 2.98. The molecule has 224 valence electrons. The highest BCUT2D eigenvalue weighted by atomic mass is 79.9. The van der Waals surface area contributed by atoms with Crippen molar-refractivity contribution in [1.82, 2.24) is 10.2 Å². The van der Waals surface area contributed by atoms with E-state index in [1.807, 2.05) is 72.8 Å². The Bertz CT molecular complexity index is 1330. The maximum Gasteiger partial charge on any atom is 0.261 e. The van der Waals surface area contributed by atoms with E-state index in [1.54, 1.807) is 12.0 Å². The van der Waals surface area contributed by atoms with E-state index in [1.165, 1.54) is 6.42 Å². The maximum atomic E-state index is 14.0. The Labute approximate surface area is 258 Å². The zero-order valence-corrected chi connectivity index (χ0v) is 26.8. The molecule has 42 heavy (non-hydrogen) atoms. The third kappa shape index (κ3) is 8.84. The Morgan fingerprint density at radius 2 is 1.67 bits per heavy atom. The normalized spacial score (nSPS) is 14.6. The van der Waals surface area contributed by atoms with Gasteiger partial charge in [0, 0.05) is 19.0 Å². The van der Waals surface area contributed by atoms with Gasteiger partial charge in [0.15, 0.2) is 6.61 Å². The molecule has 4 rings (SSSR count). The number of carbonyl (C=O) groups excluding carboxylic acids is 2. The van der Waals surface area contributed by atoms with Crippen LogP contribution in [0.3, 0.4) is 0 Å². The van der Waals surface area contributed by atoms with Gasteiger partial charge in [0.1, 0.15) is 17.5 Å². The number of methoxy groups -OCH3 is 1. The number of nitrogens with zero attached hydrogens (tertiary/aromatic N) is 1. The van der Waals surface area contributed by atoms with Crippen LogP contribution in [-0.2, 0) is 28.0 Å². The van der Waals surface area contributed by atoms with Crippen molar-refractivity contribution in [2.24, 2.45) is 0 Å². The summed E-state index contributed by atoms with van der Waals surface area (Å²) in [6, 6.07) is 22.9. The summed E-state index contributed by atoms with van der Waals surface area (Å²) in [6.45, 7) is 6.51. The summed E-state index contributed by atoms with van der Waals surface area (Å²) in [5.41, 5.74) is 3.02. The number of ether oxygens (including phenoxy) is 2. The number of rotatable bonds is 11. The molecule has 1 fully saturated rings. The number of amides is 2. The lowest BCUT2D eigenvalue weighted by Crippen LogP contribution is -2.53. The molecular formula is C35H43BrN2O4. The summed E-state index contributed by atoms with van der Waals surface area (Å²) in [6.07, 6.45) is 5.75. The van der Waals surface area contributed by atoms with E-state index in [2.05, 4.69) is 42.0 Å². The SMILES string of the molecule is COc1cccc(CN(C(=O)COc2ccc(C(C)(C)C)cc2Br)[C@H](Cc2ccccc2)C(=O)NC2CCCCC2)c1. The van der Waals surface area contributed by atoms with Gasteiger partial charge in [0.25, 0.3) is 5.91 Å². The summed E-state index contributed by atoms with van der Waals surface area (Å²) in [7, 11) is 1.62. The summed E-state index contributed by atoms with van der Waals surface area (Å²) in [4.78, 5) is 29.6. The number of carbonyl (C=O) groups is 2. The van der Waals surface area contributed by atoms with Crippen molar-refractivity contribution in [3.8, 4) is 11.5 Å². The molecule has 0 bridgehead atoms. The number of hydrogen-bond acceptors (Lipinski definition) is 4. The lowest BCUT2D eigenvalue weighted by atomic mass is 9.87. The number of halogens is 1. The number of nitrogens with one attached hydrogen (secondary N) is 1. The summed E-state index contributed by atoms with van der Waals surface area (Å²) < 4.78 is 12.3. The Balaban J connectivity index is 1.62. The van der Waals surface area contributed by atoms with Crippen LogP contribution in [-0.4, -0.2) is 42.5 Å². The molecule has 0 unspecified atom stereocenters. The average molecular weight is 636 g/mol. The van der Waals surface area contributed by atoms with E-state index in [9.17, 15) is 9.59 Å². The lowest BCUT2D eigenvalue weighted by Gasteiger charge is -2.33. The fourth-order valence-electron chi connectivity index (χ4n) is 5.37. The second-order valence-electron chi connectivity index (χ2n) is 12.1. The molecule has 1 aliphatic rings. The summed E-state index contributed by atoms with van der Waals surface area (Å²) in [5.74, 6) is 0.899. The molecule has 0 aliphatic heterocycles. The number of hydrogen-bond donors (Lipinski definition) is 1. The molecule has 6 nitrogen and oxygen atoms in total. The van der Waals surface area contributed by atoms with Crippen LogP contribution in [0.2, 0.25) is 0 Å². The summed E-state index contributed by atoms with van der Waals surface area (Å²) >= 11 is 3.62. The lowest BCUT2D eigenvalue weighted by molar-refractivity contribution is -0.143. The van der Waals surface area contributed by atoms with Crippen LogP contribution in [0, 0.1) is 0 Å². The highest BCUT2D eigenvalue weighted by molar-refractivity contribution is 9.10. The van der Waals surface area contributed by atoms with Crippen molar-refractivity contribution in [1.29, 1.82) is 0 Å². The van der Waals surface area contributed by atoms with E-state index in [0.717, 1.165) is 46.8 Å². The Kier molecular flexibility index (Phi) is 11.1. The van der Waals surface area contributed by atoms with E-state index in [-0.39, 0.29) is 36.4 Å². The van der Waals surface area contributed by atoms with Gasteiger partial charge in [0.05, 0.1) is 11.6 Å². The van der Waals surface area contributed by atoms with Crippen molar-refractivity contribution in [2.75, 3.05) is 13.7 Å². The minimum atomic E-state index is -0.705. The Morgan fingerprint density at radius 3 is 2.33 bits per heavy atom. The van der Waals surface area contributed by atoms with Crippen LogP contribution < -0.4 is 14.8 Å². The van der Waals surface area contributed by atoms with Gasteiger partial charge in [-0.2, -0.15) is 0 Å². The molecular weight excluding hydrogens is 592 g/mol. The van der Waals surface area contributed by atoms with Crippen molar-refractivity contribution in [3.05, 3.63) is 94.0 Å². The zero-order valence-electron chi connectivity index (χ0n) is 25.2. The van der Waals surface area contributed by atoms with Crippen molar-refractivity contribution >= 4 is 27.7 Å². The second kappa shape index (κ2) is 14.7. The maximum absolute atomic E-state index is 14.0. The monoisotopic (exact) mass is 634 g/mol. The molecule has 3 aromatic rings. The van der Waals surface area contributed by atoms with E-state index in [0.29, 0.717) is 17.9 Å². The van der Waals surface area contributed by atoms with Gasteiger partial charge in [-0.05, 0) is 75.1 Å². The minimum absolute atomic E-state index is 0.0131. The van der Waals surface area contributed by atoms with Crippen LogP contribution in [0.25, 0.3) is 0 Å². The largest absolute Gasteiger partial charge is 0.497 e. The minimum Gasteiger partial charge on any atom is -0.497 e. The quantitative estimate of drug-likeness (QED) is 0.242. The predicted octanol–water partition coefficient (Wildman–Crippen LogP) is 7.22. The zero-order chi connectivity index (χ0) is 30.1. The first kappa shape index (κ1) is 31.6. The highest BCUT2D eigenvalue weighted by Gasteiger charge is 2.32. The van der Waals surface area contributed by atoms with Crippen LogP contribution in [0.1, 0.15) is 69.6 Å². The number of benzene rings is 3. The van der Waals surface area contributed by atoms with Crippen molar-refractivity contribution in [2.45, 2.75) is 83.3 Å². The smallest absolute Gasteiger partial charge is 0.261 e. The van der Waals surface area contributed by atoms with Crippen molar-refractivity contribution < 1.29 is 19.1 Å². The van der Waals surface area contributed by atoms with E-state index >= 15 is 0 Å². The molecule has 0 saturated heterocycles. The fraction of sp³-hybridized carbons (Fsp3) is 0.429. The fourth-order valence-corrected chi connectivity index (χ4v) is 5.87. The predicted molar refractivity (Wildman–Crippen MR) is 171 cm³/mol.